The Balaban J connectivity index is 1.51. The highest BCUT2D eigenvalue weighted by Gasteiger charge is 2.53. The lowest BCUT2D eigenvalue weighted by Crippen LogP contribution is -2.66. The smallest absolute Gasteiger partial charge is 0.220 e. The van der Waals surface area contributed by atoms with Crippen LogP contribution in [0.2, 0.25) is 0 Å². The number of rotatable bonds is 44. The van der Waals surface area contributed by atoms with Crippen LogP contribution in [-0.4, -0.2) is 193 Å². The van der Waals surface area contributed by atoms with Gasteiger partial charge in [0.1, 0.15) is 73.2 Å². The van der Waals surface area contributed by atoms with Crippen molar-refractivity contribution in [2.45, 2.75) is 317 Å². The number of ether oxygens (including phenoxy) is 6. The number of hydrogen-bond donors (Lipinski definition) is 12. The van der Waals surface area contributed by atoms with Gasteiger partial charge in [-0.05, 0) is 19.3 Å². The fourth-order valence-corrected chi connectivity index (χ4v) is 10.4. The third-order valence-electron chi connectivity index (χ3n) is 15.3. The molecule has 19 heteroatoms. The van der Waals surface area contributed by atoms with Gasteiger partial charge in [0.15, 0.2) is 18.9 Å². The third-order valence-corrected chi connectivity index (χ3v) is 15.3. The molecule has 3 heterocycles. The summed E-state index contributed by atoms with van der Waals surface area (Å²) in [7, 11) is 0. The van der Waals surface area contributed by atoms with E-state index in [1.54, 1.807) is 6.08 Å². The Labute approximate surface area is 455 Å². The Bertz CT molecular complexity index is 1450. The van der Waals surface area contributed by atoms with E-state index >= 15 is 0 Å². The Morgan fingerprint density at radius 2 is 0.816 bits per heavy atom. The monoisotopic (exact) mass is 1090 g/mol. The second kappa shape index (κ2) is 41.5. The minimum Gasteiger partial charge on any atom is -0.394 e. The number of aliphatic hydroxyl groups is 11. The molecule has 17 unspecified atom stereocenters. The van der Waals surface area contributed by atoms with Crippen LogP contribution in [-0.2, 0) is 33.2 Å². The summed E-state index contributed by atoms with van der Waals surface area (Å²) < 4.78 is 34.2. The van der Waals surface area contributed by atoms with E-state index in [4.69, 9.17) is 28.4 Å². The van der Waals surface area contributed by atoms with Crippen LogP contribution in [0.1, 0.15) is 213 Å². The van der Waals surface area contributed by atoms with E-state index in [0.29, 0.717) is 6.42 Å². The van der Waals surface area contributed by atoms with Crippen LogP contribution in [0.5, 0.6) is 0 Å². The molecule has 17 atom stereocenters. The van der Waals surface area contributed by atoms with Crippen molar-refractivity contribution in [3.05, 3.63) is 12.2 Å². The molecule has 1 amide bonds. The van der Waals surface area contributed by atoms with Gasteiger partial charge in [0, 0.05) is 6.42 Å². The summed E-state index contributed by atoms with van der Waals surface area (Å²) in [6.45, 7) is 1.73. The Kier molecular flexibility index (Phi) is 37.6. The van der Waals surface area contributed by atoms with Gasteiger partial charge in [0.25, 0.3) is 0 Å². The maximum atomic E-state index is 13.3. The molecule has 448 valence electrons. The summed E-state index contributed by atoms with van der Waals surface area (Å²) in [5.74, 6) is -0.273. The number of nitrogens with one attached hydrogen (secondary N) is 1. The lowest BCUT2D eigenvalue weighted by atomic mass is 9.96. The molecular weight excluding hydrogens is 987 g/mol. The minimum atomic E-state index is -1.97. The third kappa shape index (κ3) is 25.5. The number of carbonyl (C=O) groups is 1. The molecule has 12 N–H and O–H groups in total. The molecule has 3 saturated heterocycles. The number of unbranched alkanes of at least 4 members (excludes halogenated alkanes) is 28. The lowest BCUT2D eigenvalue weighted by Gasteiger charge is -2.48. The molecule has 0 bridgehead atoms. The van der Waals surface area contributed by atoms with Crippen LogP contribution in [0.15, 0.2) is 12.2 Å². The van der Waals surface area contributed by atoms with Gasteiger partial charge < -0.3 is 89.9 Å². The SMILES string of the molecule is CCCCCCCCCCCCCC/C=C/C(O)C(COC1OC(CO)C(OC2OC(CO)C(OC3OC(CO)C(O)C(O)C3O)C(O)C2O)C(O)C1O)NC(=O)CCCCCCCCCCCCCCCCCCC. The quantitative estimate of drug-likeness (QED) is 0.0283. The lowest BCUT2D eigenvalue weighted by molar-refractivity contribution is -0.379. The summed E-state index contributed by atoms with van der Waals surface area (Å²) in [6, 6.07) is -0.966. The average molecular weight is 1090 g/mol. The molecule has 0 spiro atoms. The number of carbonyl (C=O) groups excluding carboxylic acids is 1. The fourth-order valence-electron chi connectivity index (χ4n) is 10.4. The van der Waals surface area contributed by atoms with Gasteiger partial charge in [-0.1, -0.05) is 199 Å². The van der Waals surface area contributed by atoms with E-state index in [1.807, 2.05) is 6.08 Å². The summed E-state index contributed by atoms with van der Waals surface area (Å²) in [4.78, 5) is 13.3. The van der Waals surface area contributed by atoms with Gasteiger partial charge in [-0.2, -0.15) is 0 Å². The largest absolute Gasteiger partial charge is 0.394 e. The molecule has 3 aliphatic heterocycles. The molecule has 0 aromatic rings. The molecule has 0 aromatic carbocycles. The Hall–Kier alpha value is -1.47. The highest BCUT2D eigenvalue weighted by Crippen LogP contribution is 2.33. The average Bonchev–Trinajstić information content (AvgIpc) is 3.42. The molecular formula is C57H107NO18. The Morgan fingerprint density at radius 3 is 1.24 bits per heavy atom. The van der Waals surface area contributed by atoms with Gasteiger partial charge in [-0.15, -0.1) is 0 Å². The maximum Gasteiger partial charge on any atom is 0.220 e. The fraction of sp³-hybridized carbons (Fsp3) is 0.947. The summed E-state index contributed by atoms with van der Waals surface area (Å²) in [6.07, 6.45) is 13.3. The van der Waals surface area contributed by atoms with Crippen molar-refractivity contribution in [2.24, 2.45) is 0 Å². The molecule has 0 radical (unpaired) electrons. The molecule has 3 rings (SSSR count). The van der Waals surface area contributed by atoms with Crippen LogP contribution >= 0.6 is 0 Å². The number of amides is 1. The van der Waals surface area contributed by atoms with E-state index in [2.05, 4.69) is 19.2 Å². The van der Waals surface area contributed by atoms with Gasteiger partial charge in [0.05, 0.1) is 38.6 Å². The van der Waals surface area contributed by atoms with Crippen molar-refractivity contribution < 1.29 is 89.4 Å². The minimum absolute atomic E-state index is 0.249. The Morgan fingerprint density at radius 1 is 0.461 bits per heavy atom. The van der Waals surface area contributed by atoms with Crippen molar-refractivity contribution in [2.75, 3.05) is 26.4 Å². The van der Waals surface area contributed by atoms with E-state index < -0.39 is 124 Å². The summed E-state index contributed by atoms with van der Waals surface area (Å²) in [5, 5.41) is 120. The molecule has 3 fully saturated rings. The van der Waals surface area contributed by atoms with Gasteiger partial charge >= 0.3 is 0 Å². The van der Waals surface area contributed by atoms with Gasteiger partial charge in [-0.3, -0.25) is 4.79 Å². The highest BCUT2D eigenvalue weighted by atomic mass is 16.8. The topological polar surface area (TPSA) is 307 Å². The zero-order valence-electron chi connectivity index (χ0n) is 46.5. The predicted octanol–water partition coefficient (Wildman–Crippen LogP) is 4.99. The first-order chi connectivity index (χ1) is 36.8. The standard InChI is InChI=1S/C57H107NO18/c1-3-5-7-9-11-13-15-17-19-20-21-23-25-27-29-31-33-35-45(63)58-40(41(62)34-32-30-28-26-24-22-18-16-14-12-10-8-6-4-2)39-71-55-51(69)48(66)53(43(37-60)73-55)76-57-52(70)49(67)54(44(38-61)74-57)75-56-50(68)47(65)46(64)42(36-59)72-56/h32,34,40-44,46-57,59-62,64-70H,3-31,33,35-39H2,1-2H3,(H,58,63)/b34-32+. The molecule has 0 saturated carbocycles. The van der Waals surface area contributed by atoms with Crippen molar-refractivity contribution in [1.82, 2.24) is 5.32 Å². The van der Waals surface area contributed by atoms with E-state index in [-0.39, 0.29) is 18.9 Å². The maximum absolute atomic E-state index is 13.3. The zero-order chi connectivity index (χ0) is 55.5. The van der Waals surface area contributed by atoms with E-state index in [9.17, 15) is 61.0 Å². The van der Waals surface area contributed by atoms with E-state index in [0.717, 1.165) is 44.9 Å². The van der Waals surface area contributed by atoms with Crippen LogP contribution in [0.25, 0.3) is 0 Å². The van der Waals surface area contributed by atoms with Crippen LogP contribution in [0, 0.1) is 0 Å². The predicted molar refractivity (Wildman–Crippen MR) is 287 cm³/mol. The first-order valence-corrected chi connectivity index (χ1v) is 29.9. The van der Waals surface area contributed by atoms with E-state index in [1.165, 1.54) is 141 Å². The second-order valence-corrected chi connectivity index (χ2v) is 21.8. The molecule has 0 aromatic heterocycles. The zero-order valence-corrected chi connectivity index (χ0v) is 46.5. The van der Waals surface area contributed by atoms with Crippen molar-refractivity contribution in [1.29, 1.82) is 0 Å². The molecule has 19 nitrogen and oxygen atoms in total. The molecule has 0 aliphatic carbocycles. The first kappa shape index (κ1) is 68.8. The second-order valence-electron chi connectivity index (χ2n) is 21.8. The molecule has 76 heavy (non-hydrogen) atoms. The van der Waals surface area contributed by atoms with Crippen molar-refractivity contribution >= 4 is 5.91 Å². The van der Waals surface area contributed by atoms with Crippen LogP contribution in [0.3, 0.4) is 0 Å². The first-order valence-electron chi connectivity index (χ1n) is 29.9. The summed E-state index contributed by atoms with van der Waals surface area (Å²) >= 11 is 0. The van der Waals surface area contributed by atoms with Gasteiger partial charge in [-0.25, -0.2) is 0 Å². The normalized spacial score (nSPS) is 31.0. The van der Waals surface area contributed by atoms with Gasteiger partial charge in [0.2, 0.25) is 5.91 Å². The van der Waals surface area contributed by atoms with Crippen LogP contribution in [0.4, 0.5) is 0 Å². The molecule has 3 aliphatic rings. The van der Waals surface area contributed by atoms with Crippen LogP contribution < -0.4 is 5.32 Å². The number of hydrogen-bond acceptors (Lipinski definition) is 18. The number of aliphatic hydroxyl groups excluding tert-OH is 11. The number of allylic oxidation sites excluding steroid dienone is 1. The summed E-state index contributed by atoms with van der Waals surface area (Å²) in [5.41, 5.74) is 0. The highest BCUT2D eigenvalue weighted by molar-refractivity contribution is 5.76. The van der Waals surface area contributed by atoms with Crippen molar-refractivity contribution in [3.63, 3.8) is 0 Å². The van der Waals surface area contributed by atoms with Crippen molar-refractivity contribution in [3.8, 4) is 0 Å².